The molecule has 0 amide bonds. The van der Waals surface area contributed by atoms with Gasteiger partial charge >= 0.3 is 5.97 Å². The van der Waals surface area contributed by atoms with E-state index in [1.54, 1.807) is 0 Å². The van der Waals surface area contributed by atoms with Gasteiger partial charge in [-0.1, -0.05) is 0 Å². The van der Waals surface area contributed by atoms with Crippen molar-refractivity contribution in [2.24, 2.45) is 0 Å². The van der Waals surface area contributed by atoms with Crippen molar-refractivity contribution in [1.29, 1.82) is 5.26 Å². The van der Waals surface area contributed by atoms with E-state index in [0.717, 1.165) is 6.07 Å². The van der Waals surface area contributed by atoms with Crippen LogP contribution in [0.5, 0.6) is 0 Å². The van der Waals surface area contributed by atoms with E-state index in [2.05, 4.69) is 0 Å². The van der Waals surface area contributed by atoms with Crippen molar-refractivity contribution in [3.63, 3.8) is 0 Å². The molecule has 0 fully saturated rings. The highest BCUT2D eigenvalue weighted by Gasteiger charge is 2.25. The van der Waals surface area contributed by atoms with Gasteiger partial charge in [0.1, 0.15) is 0 Å². The van der Waals surface area contributed by atoms with Crippen molar-refractivity contribution >= 4 is 5.97 Å². The molecule has 0 aliphatic carbocycles. The number of aliphatic hydroxyl groups excluding tert-OH is 1. The van der Waals surface area contributed by atoms with Crippen LogP contribution in [-0.2, 0) is 4.79 Å². The van der Waals surface area contributed by atoms with Gasteiger partial charge in [-0.3, -0.25) is 0 Å². The predicted molar refractivity (Wildman–Crippen MR) is 43.7 cm³/mol. The van der Waals surface area contributed by atoms with E-state index in [1.807, 2.05) is 0 Å². The molecule has 2 N–H and O–H groups in total. The molecule has 1 atom stereocenters. The first-order valence-electron chi connectivity index (χ1n) is 3.78. The van der Waals surface area contributed by atoms with Crippen LogP contribution in [0.1, 0.15) is 17.2 Å². The third-order valence-electron chi connectivity index (χ3n) is 1.76. The summed E-state index contributed by atoms with van der Waals surface area (Å²) >= 11 is 0. The minimum Gasteiger partial charge on any atom is -0.479 e. The van der Waals surface area contributed by atoms with E-state index in [1.165, 1.54) is 6.07 Å². The highest BCUT2D eigenvalue weighted by atomic mass is 19.2. The lowest BCUT2D eigenvalue weighted by Gasteiger charge is -2.09. The van der Waals surface area contributed by atoms with E-state index in [4.69, 9.17) is 15.5 Å². The molecule has 1 aromatic carbocycles. The molecule has 1 aromatic rings. The van der Waals surface area contributed by atoms with E-state index < -0.39 is 34.8 Å². The van der Waals surface area contributed by atoms with Crippen LogP contribution in [0.2, 0.25) is 0 Å². The maximum atomic E-state index is 13.1. The Morgan fingerprint density at radius 1 is 1.47 bits per heavy atom. The van der Waals surface area contributed by atoms with Crippen molar-refractivity contribution in [3.8, 4) is 6.07 Å². The molecule has 0 aromatic heterocycles. The molecule has 0 aliphatic heterocycles. The van der Waals surface area contributed by atoms with Gasteiger partial charge in [0.2, 0.25) is 0 Å². The Balaban J connectivity index is 3.44. The predicted octanol–water partition coefficient (Wildman–Crippen LogP) is 0.954. The first kappa shape index (κ1) is 11.1. The smallest absolute Gasteiger partial charge is 0.337 e. The van der Waals surface area contributed by atoms with Crippen molar-refractivity contribution < 1.29 is 23.8 Å². The minimum absolute atomic E-state index is 0.413. The molecule has 0 spiro atoms. The van der Waals surface area contributed by atoms with Crippen LogP contribution in [0.3, 0.4) is 0 Å². The second kappa shape index (κ2) is 4.02. The zero-order chi connectivity index (χ0) is 11.6. The van der Waals surface area contributed by atoms with E-state index >= 15 is 0 Å². The van der Waals surface area contributed by atoms with Crippen molar-refractivity contribution in [1.82, 2.24) is 0 Å². The lowest BCUT2D eigenvalue weighted by atomic mass is 10.0. The summed E-state index contributed by atoms with van der Waals surface area (Å²) in [5.74, 6) is -4.59. The zero-order valence-electron chi connectivity index (χ0n) is 7.24. The van der Waals surface area contributed by atoms with Crippen LogP contribution in [0, 0.1) is 23.0 Å². The van der Waals surface area contributed by atoms with E-state index in [9.17, 15) is 13.6 Å². The molecule has 0 heterocycles. The number of nitrogens with zero attached hydrogens (tertiary/aromatic N) is 1. The van der Waals surface area contributed by atoms with Crippen molar-refractivity contribution in [2.45, 2.75) is 6.10 Å². The Morgan fingerprint density at radius 2 is 2.07 bits per heavy atom. The van der Waals surface area contributed by atoms with Crippen LogP contribution in [-0.4, -0.2) is 16.2 Å². The molecule has 0 aliphatic rings. The number of halogens is 2. The van der Waals surface area contributed by atoms with Gasteiger partial charge in [-0.05, 0) is 12.1 Å². The number of benzene rings is 1. The monoisotopic (exact) mass is 213 g/mol. The van der Waals surface area contributed by atoms with Crippen LogP contribution >= 0.6 is 0 Å². The summed E-state index contributed by atoms with van der Waals surface area (Å²) in [4.78, 5) is 10.4. The molecule has 1 unspecified atom stereocenters. The number of hydrogen-bond donors (Lipinski definition) is 2. The van der Waals surface area contributed by atoms with Gasteiger partial charge < -0.3 is 10.2 Å². The van der Waals surface area contributed by atoms with Crippen LogP contribution in [0.4, 0.5) is 8.78 Å². The molecule has 0 radical (unpaired) electrons. The van der Waals surface area contributed by atoms with Crippen molar-refractivity contribution in [2.75, 3.05) is 0 Å². The maximum Gasteiger partial charge on any atom is 0.337 e. The number of carbonyl (C=O) groups is 1. The van der Waals surface area contributed by atoms with Crippen molar-refractivity contribution in [3.05, 3.63) is 34.9 Å². The SMILES string of the molecule is N#Cc1ccc(F)c(F)c1C(O)C(=O)O. The zero-order valence-corrected chi connectivity index (χ0v) is 7.24. The summed E-state index contributed by atoms with van der Waals surface area (Å²) < 4.78 is 25.8. The number of rotatable bonds is 2. The van der Waals surface area contributed by atoms with Gasteiger partial charge in [0, 0.05) is 5.56 Å². The Morgan fingerprint density at radius 3 is 2.53 bits per heavy atom. The largest absolute Gasteiger partial charge is 0.479 e. The third kappa shape index (κ3) is 1.92. The Hall–Kier alpha value is -2.00. The number of carboxylic acid groups (broad SMARTS) is 1. The fourth-order valence-corrected chi connectivity index (χ4v) is 1.05. The first-order valence-corrected chi connectivity index (χ1v) is 3.78. The van der Waals surface area contributed by atoms with Gasteiger partial charge in [0.05, 0.1) is 11.6 Å². The molecule has 4 nitrogen and oxygen atoms in total. The Labute approximate surface area is 83.0 Å². The van der Waals surface area contributed by atoms with Gasteiger partial charge in [-0.2, -0.15) is 5.26 Å². The quantitative estimate of drug-likeness (QED) is 0.766. The third-order valence-corrected chi connectivity index (χ3v) is 1.76. The molecule has 78 valence electrons. The molecule has 1 rings (SSSR count). The first-order chi connectivity index (χ1) is 6.99. The highest BCUT2D eigenvalue weighted by Crippen LogP contribution is 2.23. The number of aliphatic carboxylic acids is 1. The summed E-state index contributed by atoms with van der Waals surface area (Å²) in [6.45, 7) is 0. The summed E-state index contributed by atoms with van der Waals surface area (Å²) in [7, 11) is 0. The number of nitriles is 1. The van der Waals surface area contributed by atoms with Gasteiger partial charge in [-0.25, -0.2) is 13.6 Å². The minimum atomic E-state index is -2.25. The number of hydrogen-bond acceptors (Lipinski definition) is 3. The van der Waals surface area contributed by atoms with Crippen LogP contribution in [0.15, 0.2) is 12.1 Å². The van der Waals surface area contributed by atoms with E-state index in [0.29, 0.717) is 6.07 Å². The number of aliphatic hydroxyl groups is 1. The summed E-state index contributed by atoms with van der Waals surface area (Å²) in [6, 6.07) is 3.06. The maximum absolute atomic E-state index is 13.1. The summed E-state index contributed by atoms with van der Waals surface area (Å²) in [6.07, 6.45) is -2.25. The lowest BCUT2D eigenvalue weighted by molar-refractivity contribution is -0.147. The molecule has 0 saturated carbocycles. The number of carboxylic acids is 1. The molecular formula is C9H5F2NO3. The van der Waals surface area contributed by atoms with Gasteiger partial charge in [0.25, 0.3) is 0 Å². The standard InChI is InChI=1S/C9H5F2NO3/c10-5-2-1-4(3-12)6(7(5)11)8(13)9(14)15/h1-2,8,13H,(H,14,15). The molecular weight excluding hydrogens is 208 g/mol. The average molecular weight is 213 g/mol. The topological polar surface area (TPSA) is 81.3 Å². The normalized spacial score (nSPS) is 11.9. The molecule has 0 saturated heterocycles. The Kier molecular flexibility index (Phi) is 2.97. The molecule has 6 heteroatoms. The van der Waals surface area contributed by atoms with Crippen LogP contribution in [0.25, 0.3) is 0 Å². The van der Waals surface area contributed by atoms with Gasteiger partial charge in [0.15, 0.2) is 17.7 Å². The lowest BCUT2D eigenvalue weighted by Crippen LogP contribution is -2.14. The summed E-state index contributed by atoms with van der Waals surface area (Å²) in [5.41, 5.74) is -1.27. The van der Waals surface area contributed by atoms with Crippen LogP contribution < -0.4 is 0 Å². The second-order valence-corrected chi connectivity index (χ2v) is 2.68. The average Bonchev–Trinajstić information content (AvgIpc) is 2.20. The fraction of sp³-hybridized carbons (Fsp3) is 0.111. The van der Waals surface area contributed by atoms with Gasteiger partial charge in [-0.15, -0.1) is 0 Å². The molecule has 0 bridgehead atoms. The second-order valence-electron chi connectivity index (χ2n) is 2.68. The fourth-order valence-electron chi connectivity index (χ4n) is 1.05. The Bertz CT molecular complexity index is 453. The highest BCUT2D eigenvalue weighted by molar-refractivity contribution is 5.75. The van der Waals surface area contributed by atoms with E-state index in [-0.39, 0.29) is 0 Å². The molecule has 15 heavy (non-hydrogen) atoms. The summed E-state index contributed by atoms with van der Waals surface area (Å²) in [5, 5.41) is 26.0.